The third kappa shape index (κ3) is 3.80. The fourth-order valence-corrected chi connectivity index (χ4v) is 2.18. The fraction of sp³-hybridized carbons (Fsp3) is 0.615. The monoisotopic (exact) mass is 279 g/mol. The van der Waals surface area contributed by atoms with Gasteiger partial charge in [-0.25, -0.2) is 4.68 Å². The normalized spacial score (nSPS) is 14.6. The summed E-state index contributed by atoms with van der Waals surface area (Å²) in [6.45, 7) is 3.12. The zero-order chi connectivity index (χ0) is 14.4. The summed E-state index contributed by atoms with van der Waals surface area (Å²) in [5, 5.41) is 10.1. The van der Waals surface area contributed by atoms with E-state index in [1.54, 1.807) is 11.1 Å². The molecule has 110 valence electrons. The highest BCUT2D eigenvalue weighted by molar-refractivity contribution is 5.76. The Kier molecular flexibility index (Phi) is 5.11. The van der Waals surface area contributed by atoms with Gasteiger partial charge in [-0.1, -0.05) is 0 Å². The highest BCUT2D eigenvalue weighted by atomic mass is 16.2. The van der Waals surface area contributed by atoms with Gasteiger partial charge in [0.15, 0.2) is 0 Å². The van der Waals surface area contributed by atoms with Gasteiger partial charge in [0.05, 0.1) is 11.9 Å². The number of rotatable bonds is 6. The summed E-state index contributed by atoms with van der Waals surface area (Å²) >= 11 is 0. The van der Waals surface area contributed by atoms with E-state index in [-0.39, 0.29) is 18.0 Å². The quantitative estimate of drug-likeness (QED) is 0.686. The number of carbonyl (C=O) groups excluding carboxylic acids is 1. The average molecular weight is 279 g/mol. The van der Waals surface area contributed by atoms with Crippen LogP contribution in [0.4, 0.5) is 5.69 Å². The van der Waals surface area contributed by atoms with Gasteiger partial charge >= 0.3 is 0 Å². The molecule has 7 nitrogen and oxygen atoms in total. The third-order valence-electron chi connectivity index (χ3n) is 3.32. The van der Waals surface area contributed by atoms with Crippen LogP contribution in [0, 0.1) is 0 Å². The number of likely N-dealkylation sites (N-methyl/N-ethyl adjacent to an activating group) is 1. The van der Waals surface area contributed by atoms with E-state index in [2.05, 4.69) is 15.7 Å². The van der Waals surface area contributed by atoms with E-state index in [9.17, 15) is 9.59 Å². The predicted octanol–water partition coefficient (Wildman–Crippen LogP) is -0.503. The first-order valence-corrected chi connectivity index (χ1v) is 6.94. The van der Waals surface area contributed by atoms with Crippen molar-refractivity contribution in [1.29, 1.82) is 0 Å². The van der Waals surface area contributed by atoms with Crippen molar-refractivity contribution in [1.82, 2.24) is 20.0 Å². The average Bonchev–Trinajstić information content (AvgIpc) is 2.96. The van der Waals surface area contributed by atoms with Crippen molar-refractivity contribution in [3.63, 3.8) is 0 Å². The van der Waals surface area contributed by atoms with Crippen molar-refractivity contribution in [2.45, 2.75) is 19.4 Å². The van der Waals surface area contributed by atoms with Gasteiger partial charge in [0.25, 0.3) is 5.56 Å². The van der Waals surface area contributed by atoms with Crippen molar-refractivity contribution in [2.75, 3.05) is 38.5 Å². The van der Waals surface area contributed by atoms with Gasteiger partial charge in [-0.3, -0.25) is 9.59 Å². The molecule has 2 N–H and O–H groups in total. The van der Waals surface area contributed by atoms with Gasteiger partial charge in [-0.15, -0.1) is 0 Å². The Morgan fingerprint density at radius 1 is 1.35 bits per heavy atom. The number of nitrogens with zero attached hydrogens (tertiary/aromatic N) is 3. The van der Waals surface area contributed by atoms with E-state index >= 15 is 0 Å². The Bertz CT molecular complexity index is 508. The van der Waals surface area contributed by atoms with Gasteiger partial charge in [0.1, 0.15) is 6.54 Å². The predicted molar refractivity (Wildman–Crippen MR) is 76.7 cm³/mol. The maximum Gasteiger partial charge on any atom is 0.269 e. The van der Waals surface area contributed by atoms with E-state index < -0.39 is 0 Å². The number of nitrogens with one attached hydrogen (secondary N) is 2. The van der Waals surface area contributed by atoms with Crippen LogP contribution in [0.2, 0.25) is 0 Å². The number of hydrogen-bond donors (Lipinski definition) is 2. The number of carbonyl (C=O) groups is 1. The first kappa shape index (κ1) is 14.5. The number of aromatic nitrogens is 2. The number of anilines is 1. The van der Waals surface area contributed by atoms with Crippen LogP contribution < -0.4 is 16.2 Å². The molecule has 0 aliphatic carbocycles. The first-order valence-electron chi connectivity index (χ1n) is 6.94. The minimum atomic E-state index is -0.257. The minimum Gasteiger partial charge on any atom is -0.382 e. The van der Waals surface area contributed by atoms with Gasteiger partial charge in [0, 0.05) is 32.2 Å². The van der Waals surface area contributed by atoms with E-state index in [0.717, 1.165) is 32.5 Å². The summed E-state index contributed by atoms with van der Waals surface area (Å²) in [5.41, 5.74) is 0.419. The summed E-state index contributed by atoms with van der Waals surface area (Å²) in [4.78, 5) is 25.6. The molecule has 0 saturated carbocycles. The summed E-state index contributed by atoms with van der Waals surface area (Å²) in [5.74, 6) is -0.0343. The molecule has 1 fully saturated rings. The maximum atomic E-state index is 12.0. The molecule has 1 aliphatic rings. The van der Waals surface area contributed by atoms with E-state index in [4.69, 9.17) is 0 Å². The van der Waals surface area contributed by atoms with Crippen LogP contribution in [0.3, 0.4) is 0 Å². The van der Waals surface area contributed by atoms with Crippen molar-refractivity contribution < 1.29 is 4.79 Å². The second-order valence-corrected chi connectivity index (χ2v) is 4.86. The van der Waals surface area contributed by atoms with E-state index in [0.29, 0.717) is 12.2 Å². The van der Waals surface area contributed by atoms with E-state index in [1.807, 2.05) is 7.05 Å². The van der Waals surface area contributed by atoms with Crippen LogP contribution in [0.5, 0.6) is 0 Å². The molecule has 1 saturated heterocycles. The molecule has 0 atom stereocenters. The van der Waals surface area contributed by atoms with Gasteiger partial charge in [-0.05, 0) is 19.9 Å². The molecular formula is C13H21N5O2. The number of hydrogen-bond acceptors (Lipinski definition) is 5. The van der Waals surface area contributed by atoms with Crippen LogP contribution in [0.1, 0.15) is 12.8 Å². The molecule has 0 radical (unpaired) electrons. The third-order valence-corrected chi connectivity index (χ3v) is 3.32. The van der Waals surface area contributed by atoms with Crippen molar-refractivity contribution in [3.05, 3.63) is 22.6 Å². The zero-order valence-electron chi connectivity index (χ0n) is 11.8. The SMILES string of the molecule is CNCCNc1cnn(CC(=O)N2CCCC2)c(=O)c1. The van der Waals surface area contributed by atoms with Crippen LogP contribution in [0.25, 0.3) is 0 Å². The van der Waals surface area contributed by atoms with Gasteiger partial charge in [0.2, 0.25) is 5.91 Å². The lowest BCUT2D eigenvalue weighted by molar-refractivity contribution is -0.131. The molecule has 0 bridgehead atoms. The van der Waals surface area contributed by atoms with Crippen molar-refractivity contribution >= 4 is 11.6 Å². The maximum absolute atomic E-state index is 12.0. The lowest BCUT2D eigenvalue weighted by Crippen LogP contribution is -2.35. The summed E-state index contributed by atoms with van der Waals surface area (Å²) < 4.78 is 1.21. The second kappa shape index (κ2) is 7.04. The Morgan fingerprint density at radius 2 is 2.10 bits per heavy atom. The van der Waals surface area contributed by atoms with Crippen molar-refractivity contribution in [3.8, 4) is 0 Å². The largest absolute Gasteiger partial charge is 0.382 e. The molecule has 7 heteroatoms. The first-order chi connectivity index (χ1) is 9.70. The summed E-state index contributed by atoms with van der Waals surface area (Å²) in [7, 11) is 1.86. The number of likely N-dealkylation sites (tertiary alicyclic amines) is 1. The Labute approximate surface area is 118 Å². The summed E-state index contributed by atoms with van der Waals surface area (Å²) in [6, 6.07) is 1.47. The molecule has 2 heterocycles. The highest BCUT2D eigenvalue weighted by Crippen LogP contribution is 2.07. The Morgan fingerprint density at radius 3 is 2.75 bits per heavy atom. The fourth-order valence-electron chi connectivity index (χ4n) is 2.18. The van der Waals surface area contributed by atoms with Crippen LogP contribution in [0.15, 0.2) is 17.1 Å². The lowest BCUT2D eigenvalue weighted by atomic mass is 10.4. The van der Waals surface area contributed by atoms with E-state index in [1.165, 1.54) is 10.7 Å². The molecule has 1 aromatic heterocycles. The molecule has 1 aromatic rings. The highest BCUT2D eigenvalue weighted by Gasteiger charge is 2.18. The molecule has 0 unspecified atom stereocenters. The smallest absolute Gasteiger partial charge is 0.269 e. The Hall–Kier alpha value is -1.89. The standard InChI is InChI=1S/C13H21N5O2/c1-14-4-5-15-11-8-12(19)18(16-9-11)10-13(20)17-6-2-3-7-17/h8-9,14-15H,2-7,10H2,1H3. The number of amides is 1. The molecule has 2 rings (SSSR count). The zero-order valence-corrected chi connectivity index (χ0v) is 11.8. The lowest BCUT2D eigenvalue weighted by Gasteiger charge is -2.15. The van der Waals surface area contributed by atoms with Crippen LogP contribution in [-0.4, -0.2) is 53.8 Å². The van der Waals surface area contributed by atoms with Crippen LogP contribution >= 0.6 is 0 Å². The molecule has 0 aromatic carbocycles. The molecule has 1 amide bonds. The molecule has 1 aliphatic heterocycles. The minimum absolute atomic E-state index is 0.0234. The van der Waals surface area contributed by atoms with Gasteiger partial charge in [-0.2, -0.15) is 5.10 Å². The second-order valence-electron chi connectivity index (χ2n) is 4.86. The molecular weight excluding hydrogens is 258 g/mol. The van der Waals surface area contributed by atoms with Crippen LogP contribution in [-0.2, 0) is 11.3 Å². The Balaban J connectivity index is 1.95. The summed E-state index contributed by atoms with van der Waals surface area (Å²) in [6.07, 6.45) is 3.67. The molecule has 0 spiro atoms. The topological polar surface area (TPSA) is 79.3 Å². The van der Waals surface area contributed by atoms with Crippen molar-refractivity contribution in [2.24, 2.45) is 0 Å². The van der Waals surface area contributed by atoms with Gasteiger partial charge < -0.3 is 15.5 Å². The molecule has 20 heavy (non-hydrogen) atoms.